The van der Waals surface area contributed by atoms with Gasteiger partial charge in [-0.3, -0.25) is 0 Å². The summed E-state index contributed by atoms with van der Waals surface area (Å²) in [4.78, 5) is 6.53. The summed E-state index contributed by atoms with van der Waals surface area (Å²) in [6.45, 7) is 8.86. The first-order chi connectivity index (χ1) is 8.76. The molecule has 3 nitrogen and oxygen atoms in total. The van der Waals surface area contributed by atoms with Gasteiger partial charge in [0.15, 0.2) is 0 Å². The van der Waals surface area contributed by atoms with E-state index >= 15 is 0 Å². The van der Waals surface area contributed by atoms with Gasteiger partial charge in [-0.2, -0.15) is 0 Å². The van der Waals surface area contributed by atoms with Crippen LogP contribution in [0.25, 0.3) is 10.9 Å². The summed E-state index contributed by atoms with van der Waals surface area (Å²) in [5, 5.41) is 10.7. The van der Waals surface area contributed by atoms with Gasteiger partial charge < -0.3 is 10.0 Å². The lowest BCUT2D eigenvalue weighted by Gasteiger charge is -2.20. The van der Waals surface area contributed by atoms with E-state index in [1.807, 2.05) is 41.3 Å². The number of phenolic OH excluding ortho intramolecular Hbond substituents is 1. The number of para-hydroxylation sites is 1. The highest BCUT2D eigenvalue weighted by atomic mass is 16.3. The van der Waals surface area contributed by atoms with Crippen LogP contribution in [-0.4, -0.2) is 23.2 Å². The molecule has 0 aliphatic rings. The van der Waals surface area contributed by atoms with Crippen LogP contribution in [0, 0.1) is 0 Å². The maximum atomic E-state index is 9.82. The molecule has 0 radical (unpaired) electrons. The van der Waals surface area contributed by atoms with E-state index in [1.165, 1.54) is 0 Å². The van der Waals surface area contributed by atoms with Crippen molar-refractivity contribution in [2.45, 2.75) is 0 Å². The van der Waals surface area contributed by atoms with Crippen LogP contribution < -0.4 is 4.90 Å². The van der Waals surface area contributed by atoms with Crippen molar-refractivity contribution < 1.29 is 5.11 Å². The summed E-state index contributed by atoms with van der Waals surface area (Å²) in [6, 6.07) is 9.28. The Hall–Kier alpha value is -2.29. The van der Waals surface area contributed by atoms with Gasteiger partial charge in [-0.1, -0.05) is 24.3 Å². The van der Waals surface area contributed by atoms with Gasteiger partial charge in [-0.15, -0.1) is 13.2 Å². The fraction of sp³-hybridized carbons (Fsp3) is 0.133. The van der Waals surface area contributed by atoms with Crippen LogP contribution in [0.1, 0.15) is 0 Å². The monoisotopic (exact) mass is 240 g/mol. The Labute approximate surface area is 107 Å². The highest BCUT2D eigenvalue weighted by Gasteiger charge is 2.07. The standard InChI is InChI=1S/C15H16N2O/c1-3-10-17(11-4-2)14-9-8-12-6-5-7-13(18)15(12)16-14/h3-9,18H,1-2,10-11H2. The summed E-state index contributed by atoms with van der Waals surface area (Å²) >= 11 is 0. The molecular weight excluding hydrogens is 224 g/mol. The zero-order chi connectivity index (χ0) is 13.0. The van der Waals surface area contributed by atoms with Crippen molar-refractivity contribution in [3.05, 3.63) is 55.6 Å². The largest absolute Gasteiger partial charge is 0.506 e. The van der Waals surface area contributed by atoms with Crippen LogP contribution in [0.3, 0.4) is 0 Å². The Balaban J connectivity index is 2.47. The molecule has 1 N–H and O–H groups in total. The van der Waals surface area contributed by atoms with Gasteiger partial charge >= 0.3 is 0 Å². The molecule has 0 saturated heterocycles. The van der Waals surface area contributed by atoms with Gasteiger partial charge in [-0.25, -0.2) is 4.98 Å². The van der Waals surface area contributed by atoms with Crippen molar-refractivity contribution in [2.24, 2.45) is 0 Å². The Kier molecular flexibility index (Phi) is 3.63. The van der Waals surface area contributed by atoms with Crippen LogP contribution in [0.2, 0.25) is 0 Å². The third-order valence-electron chi connectivity index (χ3n) is 2.71. The number of hydrogen-bond donors (Lipinski definition) is 1. The number of phenols is 1. The number of aromatic nitrogens is 1. The third-order valence-corrected chi connectivity index (χ3v) is 2.71. The van der Waals surface area contributed by atoms with Gasteiger partial charge in [0, 0.05) is 18.5 Å². The van der Waals surface area contributed by atoms with Crippen LogP contribution in [0.5, 0.6) is 5.75 Å². The van der Waals surface area contributed by atoms with Gasteiger partial charge in [0.1, 0.15) is 17.1 Å². The number of benzene rings is 1. The molecular formula is C15H16N2O. The zero-order valence-electron chi connectivity index (χ0n) is 10.2. The average Bonchev–Trinajstić information content (AvgIpc) is 2.39. The van der Waals surface area contributed by atoms with Crippen molar-refractivity contribution in [1.29, 1.82) is 0 Å². The smallest absolute Gasteiger partial charge is 0.141 e. The zero-order valence-corrected chi connectivity index (χ0v) is 10.2. The second kappa shape index (κ2) is 5.36. The van der Waals surface area contributed by atoms with Crippen LogP contribution >= 0.6 is 0 Å². The molecule has 0 aliphatic carbocycles. The lowest BCUT2D eigenvalue weighted by Crippen LogP contribution is -2.24. The molecule has 1 aromatic carbocycles. The van der Waals surface area contributed by atoms with E-state index in [0.717, 1.165) is 11.2 Å². The summed E-state index contributed by atoms with van der Waals surface area (Å²) in [5.41, 5.74) is 0.619. The first kappa shape index (κ1) is 12.2. The molecule has 3 heteroatoms. The molecule has 0 fully saturated rings. The molecule has 0 saturated carbocycles. The summed E-state index contributed by atoms with van der Waals surface area (Å²) in [6.07, 6.45) is 3.64. The molecule has 0 unspecified atom stereocenters. The lowest BCUT2D eigenvalue weighted by atomic mass is 10.2. The van der Waals surface area contributed by atoms with Crippen molar-refractivity contribution in [1.82, 2.24) is 4.98 Å². The Morgan fingerprint density at radius 2 is 1.83 bits per heavy atom. The van der Waals surface area contributed by atoms with E-state index in [-0.39, 0.29) is 5.75 Å². The number of nitrogens with zero attached hydrogens (tertiary/aromatic N) is 2. The first-order valence-electron chi connectivity index (χ1n) is 5.81. The van der Waals surface area contributed by atoms with Crippen LogP contribution in [0.15, 0.2) is 55.6 Å². The predicted molar refractivity (Wildman–Crippen MR) is 76.0 cm³/mol. The number of aromatic hydroxyl groups is 1. The fourth-order valence-electron chi connectivity index (χ4n) is 1.87. The molecule has 0 spiro atoms. The fourth-order valence-corrected chi connectivity index (χ4v) is 1.87. The molecule has 1 heterocycles. The number of rotatable bonds is 5. The minimum Gasteiger partial charge on any atom is -0.506 e. The molecule has 0 aliphatic heterocycles. The Morgan fingerprint density at radius 1 is 1.11 bits per heavy atom. The molecule has 0 amide bonds. The molecule has 1 aromatic heterocycles. The maximum absolute atomic E-state index is 9.82. The summed E-state index contributed by atoms with van der Waals surface area (Å²) in [5.74, 6) is 1.01. The van der Waals surface area contributed by atoms with Crippen molar-refractivity contribution in [2.75, 3.05) is 18.0 Å². The van der Waals surface area contributed by atoms with Crippen LogP contribution in [0.4, 0.5) is 5.82 Å². The normalized spacial score (nSPS) is 10.2. The van der Waals surface area contributed by atoms with E-state index in [0.29, 0.717) is 18.6 Å². The summed E-state index contributed by atoms with van der Waals surface area (Å²) in [7, 11) is 0. The van der Waals surface area contributed by atoms with E-state index in [2.05, 4.69) is 18.1 Å². The van der Waals surface area contributed by atoms with E-state index in [1.54, 1.807) is 6.07 Å². The van der Waals surface area contributed by atoms with Crippen molar-refractivity contribution >= 4 is 16.7 Å². The second-order valence-electron chi connectivity index (χ2n) is 4.00. The average molecular weight is 240 g/mol. The highest BCUT2D eigenvalue weighted by Crippen LogP contribution is 2.25. The van der Waals surface area contributed by atoms with E-state index in [9.17, 15) is 5.11 Å². The lowest BCUT2D eigenvalue weighted by molar-refractivity contribution is 0.480. The maximum Gasteiger partial charge on any atom is 0.141 e. The number of hydrogen-bond acceptors (Lipinski definition) is 3. The topological polar surface area (TPSA) is 36.4 Å². The van der Waals surface area contributed by atoms with Crippen LogP contribution in [-0.2, 0) is 0 Å². The number of pyridine rings is 1. The van der Waals surface area contributed by atoms with E-state index < -0.39 is 0 Å². The number of fused-ring (bicyclic) bond motifs is 1. The molecule has 2 rings (SSSR count). The SMILES string of the molecule is C=CCN(CC=C)c1ccc2cccc(O)c2n1. The van der Waals surface area contributed by atoms with Gasteiger partial charge in [0.2, 0.25) is 0 Å². The predicted octanol–water partition coefficient (Wildman–Crippen LogP) is 3.12. The molecule has 2 aromatic rings. The van der Waals surface area contributed by atoms with Gasteiger partial charge in [-0.05, 0) is 18.2 Å². The Morgan fingerprint density at radius 3 is 2.50 bits per heavy atom. The quantitative estimate of drug-likeness (QED) is 0.816. The highest BCUT2D eigenvalue weighted by molar-refractivity contribution is 5.85. The molecule has 0 bridgehead atoms. The second-order valence-corrected chi connectivity index (χ2v) is 4.00. The number of anilines is 1. The van der Waals surface area contributed by atoms with E-state index in [4.69, 9.17) is 0 Å². The van der Waals surface area contributed by atoms with Gasteiger partial charge in [0.25, 0.3) is 0 Å². The van der Waals surface area contributed by atoms with Gasteiger partial charge in [0.05, 0.1) is 0 Å². The first-order valence-corrected chi connectivity index (χ1v) is 5.81. The van der Waals surface area contributed by atoms with Crippen molar-refractivity contribution in [3.63, 3.8) is 0 Å². The summed E-state index contributed by atoms with van der Waals surface area (Å²) < 4.78 is 0. The Bertz CT molecular complexity index is 568. The molecule has 92 valence electrons. The minimum atomic E-state index is 0.200. The molecule has 0 atom stereocenters. The minimum absolute atomic E-state index is 0.200. The third kappa shape index (κ3) is 2.35. The molecule has 18 heavy (non-hydrogen) atoms. The van der Waals surface area contributed by atoms with Crippen molar-refractivity contribution in [3.8, 4) is 5.75 Å².